The first-order valence-corrected chi connectivity index (χ1v) is 8.09. The molecule has 0 bridgehead atoms. The second kappa shape index (κ2) is 6.07. The molecule has 0 radical (unpaired) electrons. The van der Waals surface area contributed by atoms with Crippen molar-refractivity contribution in [2.45, 2.75) is 0 Å². The Hall–Kier alpha value is -3.11. The number of fused-ring (bicyclic) bond motifs is 1. The molecule has 0 fully saturated rings. The Kier molecular flexibility index (Phi) is 3.75. The van der Waals surface area contributed by atoms with Crippen LogP contribution in [-0.4, -0.2) is 20.6 Å². The van der Waals surface area contributed by atoms with Crippen molar-refractivity contribution < 1.29 is 9.90 Å². The SMILES string of the molecule is O=C(O)c1ccccc1-c1nc2ccccc2n1-c1ccc(Cl)cc1. The molecular weight excluding hydrogens is 336 g/mol. The Morgan fingerprint density at radius 1 is 0.920 bits per heavy atom. The fraction of sp³-hybridized carbons (Fsp3) is 0. The molecular formula is C20H13ClN2O2. The van der Waals surface area contributed by atoms with Gasteiger partial charge in [0.25, 0.3) is 0 Å². The summed E-state index contributed by atoms with van der Waals surface area (Å²) >= 11 is 6.01. The second-order valence-electron chi connectivity index (χ2n) is 5.59. The zero-order chi connectivity index (χ0) is 17.4. The number of nitrogens with zero attached hydrogens (tertiary/aromatic N) is 2. The number of imidazole rings is 1. The minimum absolute atomic E-state index is 0.216. The van der Waals surface area contributed by atoms with Gasteiger partial charge in [-0.15, -0.1) is 0 Å². The molecule has 0 unspecified atom stereocenters. The summed E-state index contributed by atoms with van der Waals surface area (Å²) in [5.74, 6) is -0.396. The first-order chi connectivity index (χ1) is 12.1. The number of aromatic carboxylic acids is 1. The van der Waals surface area contributed by atoms with Crippen molar-refractivity contribution in [3.8, 4) is 17.1 Å². The molecule has 4 aromatic rings. The molecule has 0 saturated heterocycles. The van der Waals surface area contributed by atoms with E-state index in [-0.39, 0.29) is 5.56 Å². The van der Waals surface area contributed by atoms with E-state index < -0.39 is 5.97 Å². The van der Waals surface area contributed by atoms with Crippen molar-refractivity contribution in [3.05, 3.63) is 83.4 Å². The van der Waals surface area contributed by atoms with Crippen LogP contribution in [0, 0.1) is 0 Å². The average Bonchev–Trinajstić information content (AvgIpc) is 3.02. The molecule has 122 valence electrons. The van der Waals surface area contributed by atoms with E-state index in [2.05, 4.69) is 0 Å². The molecule has 0 amide bonds. The molecule has 1 N–H and O–H groups in total. The monoisotopic (exact) mass is 348 g/mol. The van der Waals surface area contributed by atoms with Crippen LogP contribution in [0.2, 0.25) is 5.02 Å². The van der Waals surface area contributed by atoms with Gasteiger partial charge in [0, 0.05) is 16.3 Å². The molecule has 0 saturated carbocycles. The molecule has 4 rings (SSSR count). The summed E-state index contributed by atoms with van der Waals surface area (Å²) in [5, 5.41) is 10.2. The first kappa shape index (κ1) is 15.4. The van der Waals surface area contributed by atoms with Crippen LogP contribution in [0.3, 0.4) is 0 Å². The van der Waals surface area contributed by atoms with Crippen LogP contribution in [0.25, 0.3) is 28.1 Å². The van der Waals surface area contributed by atoms with E-state index in [1.165, 1.54) is 0 Å². The highest BCUT2D eigenvalue weighted by molar-refractivity contribution is 6.30. The van der Waals surface area contributed by atoms with Gasteiger partial charge >= 0.3 is 5.97 Å². The van der Waals surface area contributed by atoms with Crippen LogP contribution >= 0.6 is 11.6 Å². The molecule has 25 heavy (non-hydrogen) atoms. The van der Waals surface area contributed by atoms with Gasteiger partial charge in [0.2, 0.25) is 0 Å². The predicted molar refractivity (Wildman–Crippen MR) is 98.5 cm³/mol. The van der Waals surface area contributed by atoms with E-state index in [4.69, 9.17) is 16.6 Å². The Balaban J connectivity index is 2.07. The fourth-order valence-electron chi connectivity index (χ4n) is 2.92. The number of rotatable bonds is 3. The maximum absolute atomic E-state index is 11.6. The number of halogens is 1. The van der Waals surface area contributed by atoms with Crippen molar-refractivity contribution in [3.63, 3.8) is 0 Å². The summed E-state index contributed by atoms with van der Waals surface area (Å²) in [4.78, 5) is 16.3. The number of carboxylic acids is 1. The third-order valence-corrected chi connectivity index (χ3v) is 4.30. The molecule has 0 spiro atoms. The quantitative estimate of drug-likeness (QED) is 0.564. The Morgan fingerprint density at radius 2 is 1.60 bits per heavy atom. The zero-order valence-corrected chi connectivity index (χ0v) is 13.8. The zero-order valence-electron chi connectivity index (χ0n) is 13.1. The van der Waals surface area contributed by atoms with E-state index in [1.807, 2.05) is 47.0 Å². The third kappa shape index (κ3) is 2.66. The average molecular weight is 349 g/mol. The highest BCUT2D eigenvalue weighted by Crippen LogP contribution is 2.31. The van der Waals surface area contributed by atoms with Crippen LogP contribution < -0.4 is 0 Å². The molecule has 3 aromatic carbocycles. The van der Waals surface area contributed by atoms with Crippen molar-refractivity contribution in [1.82, 2.24) is 9.55 Å². The largest absolute Gasteiger partial charge is 0.478 e. The van der Waals surface area contributed by atoms with Crippen molar-refractivity contribution in [2.75, 3.05) is 0 Å². The molecule has 0 aliphatic heterocycles. The lowest BCUT2D eigenvalue weighted by Crippen LogP contribution is -2.03. The standard InChI is InChI=1S/C20H13ClN2O2/c21-13-9-11-14(12-10-13)23-18-8-4-3-7-17(18)22-19(23)15-5-1-2-6-16(15)20(24)25/h1-12H,(H,24,25). The lowest BCUT2D eigenvalue weighted by molar-refractivity contribution is 0.0697. The molecule has 0 aliphatic carbocycles. The minimum atomic E-state index is -0.981. The van der Waals surface area contributed by atoms with Gasteiger partial charge in [-0.2, -0.15) is 0 Å². The van der Waals surface area contributed by atoms with Gasteiger partial charge in [0.05, 0.1) is 16.6 Å². The van der Waals surface area contributed by atoms with Gasteiger partial charge in [-0.3, -0.25) is 4.57 Å². The van der Waals surface area contributed by atoms with Gasteiger partial charge in [0.15, 0.2) is 0 Å². The normalized spacial score (nSPS) is 10.9. The number of carboxylic acid groups (broad SMARTS) is 1. The van der Waals surface area contributed by atoms with E-state index in [0.29, 0.717) is 16.4 Å². The molecule has 0 aliphatic rings. The molecule has 4 nitrogen and oxygen atoms in total. The Morgan fingerprint density at radius 3 is 2.36 bits per heavy atom. The molecule has 1 heterocycles. The molecule has 1 aromatic heterocycles. The maximum Gasteiger partial charge on any atom is 0.336 e. The summed E-state index contributed by atoms with van der Waals surface area (Å²) in [5.41, 5.74) is 3.36. The van der Waals surface area contributed by atoms with Crippen molar-refractivity contribution in [1.29, 1.82) is 0 Å². The van der Waals surface area contributed by atoms with Crippen LogP contribution in [0.4, 0.5) is 0 Å². The van der Waals surface area contributed by atoms with Gasteiger partial charge in [-0.05, 0) is 42.5 Å². The van der Waals surface area contributed by atoms with Gasteiger partial charge < -0.3 is 5.11 Å². The summed E-state index contributed by atoms with van der Waals surface area (Å²) < 4.78 is 1.95. The number of para-hydroxylation sites is 2. The lowest BCUT2D eigenvalue weighted by atomic mass is 10.1. The van der Waals surface area contributed by atoms with E-state index in [0.717, 1.165) is 16.7 Å². The van der Waals surface area contributed by atoms with E-state index >= 15 is 0 Å². The predicted octanol–water partition coefficient (Wildman–Crippen LogP) is 5.04. The van der Waals surface area contributed by atoms with E-state index in [9.17, 15) is 9.90 Å². The Bertz CT molecular complexity index is 1080. The van der Waals surface area contributed by atoms with Crippen LogP contribution in [0.15, 0.2) is 72.8 Å². The fourth-order valence-corrected chi connectivity index (χ4v) is 3.05. The summed E-state index contributed by atoms with van der Waals surface area (Å²) in [7, 11) is 0. The van der Waals surface area contributed by atoms with Crippen LogP contribution in [0.5, 0.6) is 0 Å². The summed E-state index contributed by atoms with van der Waals surface area (Å²) in [6, 6.07) is 22.0. The lowest BCUT2D eigenvalue weighted by Gasteiger charge is -2.11. The van der Waals surface area contributed by atoms with Gasteiger partial charge in [0.1, 0.15) is 5.82 Å². The van der Waals surface area contributed by atoms with Crippen molar-refractivity contribution in [2.24, 2.45) is 0 Å². The number of hydrogen-bond donors (Lipinski definition) is 1. The van der Waals surface area contributed by atoms with E-state index in [1.54, 1.807) is 30.3 Å². The third-order valence-electron chi connectivity index (χ3n) is 4.04. The maximum atomic E-state index is 11.6. The minimum Gasteiger partial charge on any atom is -0.478 e. The summed E-state index contributed by atoms with van der Waals surface area (Å²) in [6.07, 6.45) is 0. The van der Waals surface area contributed by atoms with Crippen LogP contribution in [0.1, 0.15) is 10.4 Å². The molecule has 5 heteroatoms. The second-order valence-corrected chi connectivity index (χ2v) is 6.02. The smallest absolute Gasteiger partial charge is 0.336 e. The first-order valence-electron chi connectivity index (χ1n) is 7.71. The van der Waals surface area contributed by atoms with Crippen LogP contribution in [-0.2, 0) is 0 Å². The van der Waals surface area contributed by atoms with Gasteiger partial charge in [-0.1, -0.05) is 41.9 Å². The Labute approximate surface area is 148 Å². The molecule has 0 atom stereocenters. The number of hydrogen-bond acceptors (Lipinski definition) is 2. The highest BCUT2D eigenvalue weighted by Gasteiger charge is 2.19. The van der Waals surface area contributed by atoms with Crippen molar-refractivity contribution >= 4 is 28.6 Å². The number of benzene rings is 3. The topological polar surface area (TPSA) is 55.1 Å². The number of carbonyl (C=O) groups is 1. The summed E-state index contributed by atoms with van der Waals surface area (Å²) in [6.45, 7) is 0. The highest BCUT2D eigenvalue weighted by atomic mass is 35.5. The van der Waals surface area contributed by atoms with Gasteiger partial charge in [-0.25, -0.2) is 9.78 Å². The number of aromatic nitrogens is 2.